The van der Waals surface area contributed by atoms with Crippen molar-refractivity contribution in [3.8, 4) is 0 Å². The van der Waals surface area contributed by atoms with Gasteiger partial charge in [-0.25, -0.2) is 12.8 Å². The fourth-order valence-corrected chi connectivity index (χ4v) is 0.953. The van der Waals surface area contributed by atoms with Crippen LogP contribution in [0.25, 0.3) is 0 Å². The van der Waals surface area contributed by atoms with Crippen molar-refractivity contribution in [1.29, 1.82) is 0 Å². The van der Waals surface area contributed by atoms with Crippen molar-refractivity contribution >= 4 is 0 Å². The number of unbranched alkanes of at least 4 members (excludes halogenated alkanes) is 3. The second-order valence-electron chi connectivity index (χ2n) is 2.83. The summed E-state index contributed by atoms with van der Waals surface area (Å²) in [6.07, 6.45) is 6.55. The Morgan fingerprint density at radius 3 is 2.36 bits per heavy atom. The summed E-state index contributed by atoms with van der Waals surface area (Å²) in [5.41, 5.74) is 0. The van der Waals surface area contributed by atoms with E-state index in [0.29, 0.717) is 0 Å². The van der Waals surface area contributed by atoms with E-state index in [4.69, 9.17) is 9.47 Å². The normalized spacial score (nSPS) is 10.3. The molecule has 0 rings (SSSR count). The van der Waals surface area contributed by atoms with Crippen LogP contribution in [0.4, 0.5) is 0 Å². The molecule has 0 fully saturated rings. The molecule has 0 aromatic rings. The molecule has 4 heteroatoms. The van der Waals surface area contributed by atoms with Crippen molar-refractivity contribution in [1.82, 2.24) is 5.32 Å². The number of hydrogen-bond acceptors (Lipinski definition) is 3. The minimum Gasteiger partial charge on any atom is -0.355 e. The maximum atomic E-state index is 5.02. The fourth-order valence-electron chi connectivity index (χ4n) is 0.953. The van der Waals surface area contributed by atoms with E-state index in [9.17, 15) is 0 Å². The number of rotatable bonds is 9. The molecular weight excluding hydrogens is 255 g/mol. The summed E-state index contributed by atoms with van der Waals surface area (Å²) >= 11 is 0. The maximum absolute atomic E-state index is 5.02. The summed E-state index contributed by atoms with van der Waals surface area (Å²) in [6, 6.07) is 0. The smallest absolute Gasteiger partial charge is 0.169 e. The van der Waals surface area contributed by atoms with E-state index in [1.807, 2.05) is 0 Å². The third-order valence-electron chi connectivity index (χ3n) is 1.78. The van der Waals surface area contributed by atoms with Crippen LogP contribution >= 0.6 is 0 Å². The average molecular weight is 276 g/mol. The summed E-state index contributed by atoms with van der Waals surface area (Å²) in [5, 5.41) is 3.23. The van der Waals surface area contributed by atoms with Gasteiger partial charge >= 0.3 is 0 Å². The molecule has 0 aliphatic carbocycles. The molecule has 3 nitrogen and oxygen atoms in total. The van der Waals surface area contributed by atoms with Crippen LogP contribution in [0.15, 0.2) is 0 Å². The van der Waals surface area contributed by atoms with Gasteiger partial charge in [-0.05, 0) is 0 Å². The van der Waals surface area contributed by atoms with Crippen molar-refractivity contribution < 1.29 is 42.2 Å². The van der Waals surface area contributed by atoms with Gasteiger partial charge in [0.1, 0.15) is 0 Å². The predicted molar refractivity (Wildman–Crippen MR) is 54.2 cm³/mol. The summed E-state index contributed by atoms with van der Waals surface area (Å²) in [4.78, 5) is 0. The van der Waals surface area contributed by atoms with Crippen LogP contribution in [0, 0.1) is 12.8 Å². The van der Waals surface area contributed by atoms with Gasteiger partial charge in [0.2, 0.25) is 0 Å². The number of ether oxygens (including phenoxy) is 2. The fraction of sp³-hybridized carbons (Fsp3) is 0.800. The van der Waals surface area contributed by atoms with Gasteiger partial charge < -0.3 is 27.6 Å². The molecule has 0 saturated heterocycles. The topological polar surface area (TPSA) is 30.5 Å². The van der Waals surface area contributed by atoms with Gasteiger partial charge in [-0.1, -0.05) is 0 Å². The summed E-state index contributed by atoms with van der Waals surface area (Å²) < 4.78 is 10.0. The first-order valence-electron chi connectivity index (χ1n) is 4.71. The quantitative estimate of drug-likeness (QED) is 0.392. The second-order valence-corrected chi connectivity index (χ2v) is 2.83. The Morgan fingerprint density at radius 2 is 1.86 bits per heavy atom. The Morgan fingerprint density at radius 1 is 1.21 bits per heavy atom. The molecule has 0 aromatic heterocycles. The summed E-state index contributed by atoms with van der Waals surface area (Å²) in [7, 11) is 3.29. The van der Waals surface area contributed by atoms with Crippen molar-refractivity contribution in [3.05, 3.63) is 12.8 Å². The van der Waals surface area contributed by atoms with Crippen LogP contribution in [-0.2, 0) is 42.2 Å². The SMILES string of the molecule is C[CH-]CC[CH-]CNCC(OC)OC.[Y]. The zero-order valence-electron chi connectivity index (χ0n) is 9.45. The molecule has 1 N–H and O–H groups in total. The molecule has 0 atom stereocenters. The van der Waals surface area contributed by atoms with Gasteiger partial charge in [0.05, 0.1) is 0 Å². The van der Waals surface area contributed by atoms with E-state index in [1.165, 1.54) is 0 Å². The van der Waals surface area contributed by atoms with Gasteiger partial charge in [-0.3, -0.25) is 0 Å². The zero-order valence-corrected chi connectivity index (χ0v) is 12.3. The van der Waals surface area contributed by atoms with Gasteiger partial charge in [0.15, 0.2) is 6.29 Å². The van der Waals surface area contributed by atoms with E-state index in [0.717, 1.165) is 25.9 Å². The molecule has 14 heavy (non-hydrogen) atoms. The van der Waals surface area contributed by atoms with Crippen molar-refractivity contribution in [3.63, 3.8) is 0 Å². The Hall–Kier alpha value is 0.984. The van der Waals surface area contributed by atoms with E-state index in [2.05, 4.69) is 25.1 Å². The Kier molecular flexibility index (Phi) is 17.4. The first kappa shape index (κ1) is 17.4. The van der Waals surface area contributed by atoms with E-state index < -0.39 is 0 Å². The van der Waals surface area contributed by atoms with Crippen molar-refractivity contribution in [2.75, 3.05) is 27.3 Å². The maximum Gasteiger partial charge on any atom is 0.169 e. The van der Waals surface area contributed by atoms with Crippen LogP contribution in [0.5, 0.6) is 0 Å². The van der Waals surface area contributed by atoms with Gasteiger partial charge in [0, 0.05) is 53.5 Å². The number of methoxy groups -OCH3 is 2. The molecule has 0 aliphatic rings. The molecule has 0 unspecified atom stereocenters. The molecule has 0 saturated carbocycles. The number of nitrogens with one attached hydrogen (secondary N) is 1. The molecule has 83 valence electrons. The molecular formula is C10H21NO2Y-2. The van der Waals surface area contributed by atoms with Gasteiger partial charge in [-0.2, -0.15) is 6.92 Å². The first-order chi connectivity index (χ1) is 6.35. The third-order valence-corrected chi connectivity index (χ3v) is 1.78. The summed E-state index contributed by atoms with van der Waals surface area (Å²) in [6.45, 7) is 3.73. The second kappa shape index (κ2) is 14.0. The Labute approximate surface area is 113 Å². The molecule has 0 aliphatic heterocycles. The van der Waals surface area contributed by atoms with Crippen LogP contribution in [-0.4, -0.2) is 33.6 Å². The predicted octanol–water partition coefficient (Wildman–Crippen LogP) is 1.40. The van der Waals surface area contributed by atoms with Gasteiger partial charge in [0.25, 0.3) is 0 Å². The number of hydrogen-bond donors (Lipinski definition) is 1. The van der Waals surface area contributed by atoms with Crippen LogP contribution < -0.4 is 5.32 Å². The van der Waals surface area contributed by atoms with Gasteiger partial charge in [-0.15, -0.1) is 6.54 Å². The minimum atomic E-state index is -0.133. The van der Waals surface area contributed by atoms with Crippen molar-refractivity contribution in [2.24, 2.45) is 0 Å². The minimum absolute atomic E-state index is 0. The molecule has 0 bridgehead atoms. The average Bonchev–Trinajstić information content (AvgIpc) is 2.17. The van der Waals surface area contributed by atoms with Crippen LogP contribution in [0.1, 0.15) is 19.8 Å². The molecule has 0 amide bonds. The monoisotopic (exact) mass is 276 g/mol. The van der Waals surface area contributed by atoms with Crippen molar-refractivity contribution in [2.45, 2.75) is 26.1 Å². The zero-order chi connectivity index (χ0) is 9.94. The molecule has 0 spiro atoms. The van der Waals surface area contributed by atoms with E-state index in [-0.39, 0.29) is 39.0 Å². The molecule has 0 aromatic carbocycles. The molecule has 1 radical (unpaired) electrons. The Balaban J connectivity index is 0. The van der Waals surface area contributed by atoms with E-state index >= 15 is 0 Å². The summed E-state index contributed by atoms with van der Waals surface area (Å²) in [5.74, 6) is 0. The third kappa shape index (κ3) is 11.1. The largest absolute Gasteiger partial charge is 0.355 e. The molecule has 0 heterocycles. The standard InChI is InChI=1S/C10H21NO2.Y/c1-4-5-6-7-8-11-9-10(12-2)13-3;/h4,7,10-11H,5-6,8-9H2,1-3H3;/q-2;. The van der Waals surface area contributed by atoms with Crippen LogP contribution in [0.3, 0.4) is 0 Å². The van der Waals surface area contributed by atoms with E-state index in [1.54, 1.807) is 14.2 Å². The first-order valence-corrected chi connectivity index (χ1v) is 4.71. The van der Waals surface area contributed by atoms with Crippen LogP contribution in [0.2, 0.25) is 0 Å². The Bertz CT molecular complexity index is 100.